The standard InChI is InChI=1S/C24H27N3O3/c1-3-29-22-12-10-19(16-23(22)30-4-2)14-15-25-24(28)13-11-20-17-26-27(18-20)21-8-6-5-7-9-21/h5-13,16-18H,3-4,14-15H2,1-2H3,(H,25,28)/b13-11+. The zero-order valence-electron chi connectivity index (χ0n) is 17.4. The van der Waals surface area contributed by atoms with Crippen molar-refractivity contribution in [3.05, 3.63) is 78.1 Å². The average Bonchev–Trinajstić information content (AvgIpc) is 3.24. The van der Waals surface area contributed by atoms with Crippen LogP contribution in [0.2, 0.25) is 0 Å². The van der Waals surface area contributed by atoms with Gasteiger partial charge >= 0.3 is 0 Å². The SMILES string of the molecule is CCOc1ccc(CCNC(=O)/C=C/c2cnn(-c3ccccc3)c2)cc1OCC. The lowest BCUT2D eigenvalue weighted by Crippen LogP contribution is -2.23. The van der Waals surface area contributed by atoms with Gasteiger partial charge < -0.3 is 14.8 Å². The molecular formula is C24H27N3O3. The molecule has 6 heteroatoms. The first-order valence-corrected chi connectivity index (χ1v) is 10.1. The van der Waals surface area contributed by atoms with Crippen molar-refractivity contribution in [3.8, 4) is 17.2 Å². The van der Waals surface area contributed by atoms with Crippen LogP contribution in [0.15, 0.2) is 67.0 Å². The van der Waals surface area contributed by atoms with Gasteiger partial charge in [-0.2, -0.15) is 5.10 Å². The van der Waals surface area contributed by atoms with Crippen molar-refractivity contribution in [2.45, 2.75) is 20.3 Å². The molecule has 0 bridgehead atoms. The molecule has 0 saturated carbocycles. The molecule has 0 radical (unpaired) electrons. The first-order chi connectivity index (χ1) is 14.7. The molecule has 156 valence electrons. The topological polar surface area (TPSA) is 65.4 Å². The van der Waals surface area contributed by atoms with E-state index < -0.39 is 0 Å². The van der Waals surface area contributed by atoms with Gasteiger partial charge in [0, 0.05) is 24.4 Å². The van der Waals surface area contributed by atoms with E-state index in [1.54, 1.807) is 17.0 Å². The maximum absolute atomic E-state index is 12.1. The van der Waals surface area contributed by atoms with E-state index in [0.717, 1.165) is 28.3 Å². The maximum atomic E-state index is 12.1. The molecule has 0 saturated heterocycles. The van der Waals surface area contributed by atoms with Crippen LogP contribution >= 0.6 is 0 Å². The monoisotopic (exact) mass is 405 g/mol. The van der Waals surface area contributed by atoms with Crippen molar-refractivity contribution >= 4 is 12.0 Å². The van der Waals surface area contributed by atoms with E-state index in [1.165, 1.54) is 6.08 Å². The molecule has 0 atom stereocenters. The first-order valence-electron chi connectivity index (χ1n) is 10.1. The third-order valence-electron chi connectivity index (χ3n) is 4.37. The van der Waals surface area contributed by atoms with Crippen LogP contribution in [0.25, 0.3) is 11.8 Å². The minimum atomic E-state index is -0.140. The van der Waals surface area contributed by atoms with E-state index in [1.807, 2.05) is 68.6 Å². The van der Waals surface area contributed by atoms with Crippen LogP contribution in [-0.4, -0.2) is 35.4 Å². The third kappa shape index (κ3) is 5.98. The molecule has 1 N–H and O–H groups in total. The number of nitrogens with zero attached hydrogens (tertiary/aromatic N) is 2. The van der Waals surface area contributed by atoms with Gasteiger partial charge in [0.05, 0.1) is 25.1 Å². The number of carbonyl (C=O) groups is 1. The molecule has 0 aliphatic carbocycles. The minimum absolute atomic E-state index is 0.140. The molecule has 1 heterocycles. The van der Waals surface area contributed by atoms with Gasteiger partial charge in [0.2, 0.25) is 5.91 Å². The molecule has 2 aromatic carbocycles. The summed E-state index contributed by atoms with van der Waals surface area (Å²) < 4.78 is 13.0. The minimum Gasteiger partial charge on any atom is -0.490 e. The Hall–Kier alpha value is -3.54. The fraction of sp³-hybridized carbons (Fsp3) is 0.250. The Labute approximate surface area is 177 Å². The van der Waals surface area contributed by atoms with Crippen LogP contribution < -0.4 is 14.8 Å². The summed E-state index contributed by atoms with van der Waals surface area (Å²) in [6.07, 6.45) is 7.60. The average molecular weight is 405 g/mol. The second kappa shape index (κ2) is 10.9. The summed E-state index contributed by atoms with van der Waals surface area (Å²) in [5.41, 5.74) is 2.92. The lowest BCUT2D eigenvalue weighted by Gasteiger charge is -2.12. The van der Waals surface area contributed by atoms with Gasteiger partial charge in [-0.05, 0) is 56.2 Å². The highest BCUT2D eigenvalue weighted by molar-refractivity contribution is 5.91. The molecule has 0 aliphatic rings. The number of ether oxygens (including phenoxy) is 2. The molecule has 1 amide bonds. The molecule has 3 aromatic rings. The van der Waals surface area contributed by atoms with E-state index >= 15 is 0 Å². The fourth-order valence-electron chi connectivity index (χ4n) is 2.96. The van der Waals surface area contributed by atoms with Gasteiger partial charge in [0.15, 0.2) is 11.5 Å². The molecule has 3 rings (SSSR count). The molecule has 0 unspecified atom stereocenters. The van der Waals surface area contributed by atoms with Crippen LogP contribution in [0.4, 0.5) is 0 Å². The van der Waals surface area contributed by atoms with Gasteiger partial charge in [-0.25, -0.2) is 4.68 Å². The Morgan fingerprint density at radius 1 is 1.07 bits per heavy atom. The predicted octanol–water partition coefficient (Wildman–Crippen LogP) is 4.04. The zero-order chi connectivity index (χ0) is 21.2. The normalized spacial score (nSPS) is 10.9. The van der Waals surface area contributed by atoms with Crippen molar-refractivity contribution in [2.75, 3.05) is 19.8 Å². The summed E-state index contributed by atoms with van der Waals surface area (Å²) in [5, 5.41) is 7.23. The summed E-state index contributed by atoms with van der Waals surface area (Å²) >= 11 is 0. The fourth-order valence-corrected chi connectivity index (χ4v) is 2.96. The number of benzene rings is 2. The van der Waals surface area contributed by atoms with Crippen molar-refractivity contribution < 1.29 is 14.3 Å². The largest absolute Gasteiger partial charge is 0.490 e. The van der Waals surface area contributed by atoms with Crippen LogP contribution in [0.1, 0.15) is 25.0 Å². The molecule has 0 aliphatic heterocycles. The van der Waals surface area contributed by atoms with Crippen LogP contribution in [0, 0.1) is 0 Å². The van der Waals surface area contributed by atoms with E-state index in [9.17, 15) is 4.79 Å². The Morgan fingerprint density at radius 3 is 2.60 bits per heavy atom. The molecule has 1 aromatic heterocycles. The molecule has 0 fully saturated rings. The quantitative estimate of drug-likeness (QED) is 0.517. The summed E-state index contributed by atoms with van der Waals surface area (Å²) in [6.45, 7) is 5.59. The van der Waals surface area contributed by atoms with E-state index in [2.05, 4.69) is 10.4 Å². The van der Waals surface area contributed by atoms with Crippen LogP contribution in [0.5, 0.6) is 11.5 Å². The van der Waals surface area contributed by atoms with Crippen LogP contribution in [-0.2, 0) is 11.2 Å². The number of aromatic nitrogens is 2. The lowest BCUT2D eigenvalue weighted by atomic mass is 10.1. The number of para-hydroxylation sites is 1. The van der Waals surface area contributed by atoms with Gasteiger partial charge in [0.1, 0.15) is 0 Å². The highest BCUT2D eigenvalue weighted by Gasteiger charge is 2.06. The van der Waals surface area contributed by atoms with Gasteiger partial charge in [-0.1, -0.05) is 24.3 Å². The smallest absolute Gasteiger partial charge is 0.244 e. The van der Waals surface area contributed by atoms with Crippen molar-refractivity contribution in [3.63, 3.8) is 0 Å². The summed E-state index contributed by atoms with van der Waals surface area (Å²) in [7, 11) is 0. The summed E-state index contributed by atoms with van der Waals surface area (Å²) in [6, 6.07) is 15.7. The molecule has 30 heavy (non-hydrogen) atoms. The number of rotatable bonds is 10. The molecule has 0 spiro atoms. The van der Waals surface area contributed by atoms with Crippen molar-refractivity contribution in [1.82, 2.24) is 15.1 Å². The summed E-state index contributed by atoms with van der Waals surface area (Å²) in [4.78, 5) is 12.1. The van der Waals surface area contributed by atoms with Crippen molar-refractivity contribution in [1.29, 1.82) is 0 Å². The predicted molar refractivity (Wildman–Crippen MR) is 118 cm³/mol. The Morgan fingerprint density at radius 2 is 1.83 bits per heavy atom. The van der Waals surface area contributed by atoms with E-state index in [4.69, 9.17) is 9.47 Å². The number of amides is 1. The van der Waals surface area contributed by atoms with Crippen molar-refractivity contribution in [2.24, 2.45) is 0 Å². The number of nitrogens with one attached hydrogen (secondary N) is 1. The number of carbonyl (C=O) groups excluding carboxylic acids is 1. The van der Waals surface area contributed by atoms with Crippen LogP contribution in [0.3, 0.4) is 0 Å². The maximum Gasteiger partial charge on any atom is 0.244 e. The Bertz CT molecular complexity index is 980. The number of hydrogen-bond acceptors (Lipinski definition) is 4. The highest BCUT2D eigenvalue weighted by atomic mass is 16.5. The van der Waals surface area contributed by atoms with Gasteiger partial charge in [0.25, 0.3) is 0 Å². The number of hydrogen-bond donors (Lipinski definition) is 1. The molecule has 6 nitrogen and oxygen atoms in total. The Balaban J connectivity index is 1.50. The first kappa shape index (κ1) is 21.2. The lowest BCUT2D eigenvalue weighted by molar-refractivity contribution is -0.116. The van der Waals surface area contributed by atoms with E-state index in [-0.39, 0.29) is 5.91 Å². The highest BCUT2D eigenvalue weighted by Crippen LogP contribution is 2.28. The van der Waals surface area contributed by atoms with Gasteiger partial charge in [-0.3, -0.25) is 4.79 Å². The molecular weight excluding hydrogens is 378 g/mol. The van der Waals surface area contributed by atoms with E-state index in [0.29, 0.717) is 26.2 Å². The Kier molecular flexibility index (Phi) is 7.66. The van der Waals surface area contributed by atoms with Gasteiger partial charge in [-0.15, -0.1) is 0 Å². The zero-order valence-corrected chi connectivity index (χ0v) is 17.4. The third-order valence-corrected chi connectivity index (χ3v) is 4.37. The second-order valence-electron chi connectivity index (χ2n) is 6.58. The summed E-state index contributed by atoms with van der Waals surface area (Å²) in [5.74, 6) is 1.34. The second-order valence-corrected chi connectivity index (χ2v) is 6.58.